The molecule has 2 heterocycles. The fraction of sp³-hybridized carbons (Fsp3) is 0.667. The highest BCUT2D eigenvalue weighted by molar-refractivity contribution is 6.12. The number of hydrogen-bond donors (Lipinski definition) is 2. The minimum absolute atomic E-state index is 0.328. The van der Waals surface area contributed by atoms with Crippen LogP contribution in [0.15, 0.2) is 29.3 Å². The van der Waals surface area contributed by atoms with E-state index in [4.69, 9.17) is 9.73 Å². The third-order valence-electron chi connectivity index (χ3n) is 7.77. The summed E-state index contributed by atoms with van der Waals surface area (Å²) < 4.78 is 5.54. The molecule has 2 N–H and O–H groups in total. The number of carbonyl (C=O) groups excluding carboxylic acids is 3. The molecule has 1 saturated carbocycles. The van der Waals surface area contributed by atoms with Crippen molar-refractivity contribution < 1.29 is 24.2 Å². The number of likely N-dealkylation sites (N-methyl/N-ethyl adjacent to an activating group) is 1. The third-order valence-corrected chi connectivity index (χ3v) is 7.77. The van der Waals surface area contributed by atoms with Gasteiger partial charge in [-0.1, -0.05) is 44.7 Å². The Labute approximate surface area is 237 Å². The summed E-state index contributed by atoms with van der Waals surface area (Å²) in [5.41, 5.74) is 0.921. The molecule has 1 aliphatic carbocycles. The van der Waals surface area contributed by atoms with Gasteiger partial charge in [-0.3, -0.25) is 9.59 Å². The molecule has 0 aromatic heterocycles. The number of amidine groups is 1. The lowest BCUT2D eigenvalue weighted by atomic mass is 9.91. The van der Waals surface area contributed by atoms with Gasteiger partial charge in [0.15, 0.2) is 0 Å². The Kier molecular flexibility index (Phi) is 9.38. The van der Waals surface area contributed by atoms with E-state index in [-0.39, 0.29) is 17.9 Å². The minimum atomic E-state index is -1.12. The number of nitrogens with zero attached hydrogens (tertiary/aromatic N) is 4. The lowest BCUT2D eigenvalue weighted by Gasteiger charge is -2.37. The van der Waals surface area contributed by atoms with Gasteiger partial charge in [0.1, 0.15) is 11.4 Å². The first-order valence-corrected chi connectivity index (χ1v) is 14.6. The molecule has 2 aliphatic heterocycles. The minimum Gasteiger partial charge on any atom is -0.444 e. The number of aliphatic hydroxyl groups is 1. The van der Waals surface area contributed by atoms with Crippen LogP contribution in [0.5, 0.6) is 0 Å². The van der Waals surface area contributed by atoms with Crippen LogP contribution in [-0.4, -0.2) is 89.7 Å². The van der Waals surface area contributed by atoms with E-state index in [0.717, 1.165) is 31.2 Å². The lowest BCUT2D eigenvalue weighted by molar-refractivity contribution is -0.133. The Morgan fingerprint density at radius 2 is 1.82 bits per heavy atom. The van der Waals surface area contributed by atoms with Gasteiger partial charge in [0.2, 0.25) is 12.1 Å². The highest BCUT2D eigenvalue weighted by Gasteiger charge is 2.38. The number of para-hydroxylation sites is 1. The topological polar surface area (TPSA) is 115 Å². The van der Waals surface area contributed by atoms with E-state index in [0.29, 0.717) is 56.5 Å². The summed E-state index contributed by atoms with van der Waals surface area (Å²) in [5.74, 6) is -0.182. The van der Waals surface area contributed by atoms with Crippen LogP contribution >= 0.6 is 0 Å². The molecule has 3 amide bonds. The van der Waals surface area contributed by atoms with Crippen molar-refractivity contribution in [2.75, 3.05) is 38.1 Å². The maximum atomic E-state index is 13.6. The van der Waals surface area contributed by atoms with Crippen molar-refractivity contribution in [2.24, 2.45) is 16.8 Å². The number of rotatable bonds is 8. The van der Waals surface area contributed by atoms with Crippen molar-refractivity contribution in [3.8, 4) is 0 Å². The van der Waals surface area contributed by atoms with Gasteiger partial charge < -0.3 is 29.9 Å². The SMILES string of the molecule is CCCCC(O)C(CC1CC1)C(=O)NC1N=C(N2CCN(C(=O)OC(C)(C)C)CC2)c2ccccc2N(C)C1=O. The predicted octanol–water partition coefficient (Wildman–Crippen LogP) is 3.37. The zero-order valence-corrected chi connectivity index (χ0v) is 24.6. The number of hydrogen-bond acceptors (Lipinski definition) is 7. The molecule has 0 bridgehead atoms. The van der Waals surface area contributed by atoms with Gasteiger partial charge in [-0.2, -0.15) is 0 Å². The van der Waals surface area contributed by atoms with Gasteiger partial charge in [0.25, 0.3) is 5.91 Å². The Bertz CT molecular complexity index is 1100. The van der Waals surface area contributed by atoms with E-state index in [1.807, 2.05) is 45.0 Å². The molecule has 0 radical (unpaired) electrons. The predicted molar refractivity (Wildman–Crippen MR) is 154 cm³/mol. The zero-order chi connectivity index (χ0) is 29.0. The van der Waals surface area contributed by atoms with Crippen LogP contribution in [0.4, 0.5) is 10.5 Å². The van der Waals surface area contributed by atoms with Crippen LogP contribution in [0.2, 0.25) is 0 Å². The van der Waals surface area contributed by atoms with Crippen molar-refractivity contribution in [1.29, 1.82) is 0 Å². The van der Waals surface area contributed by atoms with E-state index in [9.17, 15) is 19.5 Å². The van der Waals surface area contributed by atoms with Crippen molar-refractivity contribution in [3.63, 3.8) is 0 Å². The monoisotopic (exact) mass is 555 g/mol. The van der Waals surface area contributed by atoms with Crippen LogP contribution in [-0.2, 0) is 14.3 Å². The van der Waals surface area contributed by atoms with E-state index >= 15 is 0 Å². The van der Waals surface area contributed by atoms with E-state index in [1.54, 1.807) is 11.9 Å². The highest BCUT2D eigenvalue weighted by Crippen LogP contribution is 2.37. The molecule has 220 valence electrons. The molecule has 40 heavy (non-hydrogen) atoms. The summed E-state index contributed by atoms with van der Waals surface area (Å²) in [4.78, 5) is 49.9. The second-order valence-corrected chi connectivity index (χ2v) is 12.2. The first-order chi connectivity index (χ1) is 19.0. The fourth-order valence-electron chi connectivity index (χ4n) is 5.29. The summed E-state index contributed by atoms with van der Waals surface area (Å²) in [5, 5.41) is 13.8. The molecule has 0 spiro atoms. The average molecular weight is 556 g/mol. The van der Waals surface area contributed by atoms with Gasteiger partial charge in [-0.15, -0.1) is 0 Å². The van der Waals surface area contributed by atoms with Crippen molar-refractivity contribution in [1.82, 2.24) is 15.1 Å². The Morgan fingerprint density at radius 1 is 1.15 bits per heavy atom. The molecule has 10 nitrogen and oxygen atoms in total. The van der Waals surface area contributed by atoms with Crippen LogP contribution in [0.3, 0.4) is 0 Å². The number of anilines is 1. The van der Waals surface area contributed by atoms with Gasteiger partial charge in [-0.25, -0.2) is 9.79 Å². The number of amides is 3. The second kappa shape index (κ2) is 12.6. The summed E-state index contributed by atoms with van der Waals surface area (Å²) in [6.45, 7) is 9.50. The summed E-state index contributed by atoms with van der Waals surface area (Å²) in [7, 11) is 1.69. The van der Waals surface area contributed by atoms with Crippen LogP contribution in [0.1, 0.15) is 71.8 Å². The smallest absolute Gasteiger partial charge is 0.410 e. The molecule has 2 fully saturated rings. The number of aliphatic hydroxyl groups excluding tert-OH is 1. The lowest BCUT2D eigenvalue weighted by Crippen LogP contribution is -2.52. The van der Waals surface area contributed by atoms with E-state index < -0.39 is 23.8 Å². The average Bonchev–Trinajstić information content (AvgIpc) is 3.75. The Hall–Kier alpha value is -3.14. The Balaban J connectivity index is 1.56. The molecule has 3 atom stereocenters. The number of ether oxygens (including phenoxy) is 1. The first kappa shape index (κ1) is 29.8. The van der Waals surface area contributed by atoms with Crippen molar-refractivity contribution >= 4 is 29.4 Å². The number of nitrogens with one attached hydrogen (secondary N) is 1. The molecule has 1 aromatic rings. The molecule has 1 saturated heterocycles. The summed E-state index contributed by atoms with van der Waals surface area (Å²) >= 11 is 0. The standard InChI is InChI=1S/C30H45N5O5/c1-6-7-12-24(36)22(19-20-13-14-20)27(37)32-25-28(38)33(5)23-11-9-8-10-21(23)26(31-25)34-15-17-35(18-16-34)29(39)40-30(2,3)4/h8-11,20,22,24-25,36H,6-7,12-19H2,1-5H3,(H,32,37). The maximum absolute atomic E-state index is 13.6. The number of fused-ring (bicyclic) bond motifs is 1. The number of benzene rings is 1. The number of unbranched alkanes of at least 4 members (excludes halogenated alkanes) is 1. The maximum Gasteiger partial charge on any atom is 0.410 e. The van der Waals surface area contributed by atoms with Crippen molar-refractivity contribution in [3.05, 3.63) is 29.8 Å². The largest absolute Gasteiger partial charge is 0.444 e. The molecular weight excluding hydrogens is 510 g/mol. The summed E-state index contributed by atoms with van der Waals surface area (Å²) in [6.07, 6.45) is 2.88. The first-order valence-electron chi connectivity index (χ1n) is 14.6. The normalized spacial score (nSPS) is 21.2. The van der Waals surface area contributed by atoms with Crippen LogP contribution < -0.4 is 10.2 Å². The summed E-state index contributed by atoms with van der Waals surface area (Å²) in [6, 6.07) is 7.56. The zero-order valence-electron chi connectivity index (χ0n) is 24.6. The Morgan fingerprint density at radius 3 is 2.45 bits per heavy atom. The quantitative estimate of drug-likeness (QED) is 0.508. The number of piperazine rings is 1. The van der Waals surface area contributed by atoms with Crippen molar-refractivity contribution in [2.45, 2.75) is 84.1 Å². The number of aliphatic imine (C=N–C) groups is 1. The van der Waals surface area contributed by atoms with Gasteiger partial charge in [0, 0.05) is 38.8 Å². The van der Waals surface area contributed by atoms with Crippen LogP contribution in [0.25, 0.3) is 0 Å². The third kappa shape index (κ3) is 7.33. The van der Waals surface area contributed by atoms with Gasteiger partial charge in [0.05, 0.1) is 17.7 Å². The second-order valence-electron chi connectivity index (χ2n) is 12.2. The van der Waals surface area contributed by atoms with Gasteiger partial charge >= 0.3 is 6.09 Å². The molecule has 3 unspecified atom stereocenters. The van der Waals surface area contributed by atoms with Gasteiger partial charge in [-0.05, 0) is 51.7 Å². The highest BCUT2D eigenvalue weighted by atomic mass is 16.6. The molecular formula is C30H45N5O5. The molecule has 3 aliphatic rings. The molecule has 10 heteroatoms. The van der Waals surface area contributed by atoms with E-state index in [2.05, 4.69) is 17.1 Å². The number of carbonyl (C=O) groups is 3. The van der Waals surface area contributed by atoms with Crippen LogP contribution in [0, 0.1) is 11.8 Å². The number of benzodiazepines with no additional fused rings is 1. The molecule has 1 aromatic carbocycles. The fourth-order valence-corrected chi connectivity index (χ4v) is 5.29. The molecule has 4 rings (SSSR count). The van der Waals surface area contributed by atoms with E-state index in [1.165, 1.54) is 4.90 Å².